The van der Waals surface area contributed by atoms with E-state index >= 15 is 0 Å². The average Bonchev–Trinajstić information content (AvgIpc) is 3.35. The monoisotopic (exact) mass is 557 g/mol. The number of allylic oxidation sites excluding steroid dienone is 3. The number of aliphatic imine (C=N–C) groups is 1. The molecule has 216 valence electrons. The van der Waals surface area contributed by atoms with Crippen molar-refractivity contribution in [1.29, 1.82) is 0 Å². The average molecular weight is 558 g/mol. The summed E-state index contributed by atoms with van der Waals surface area (Å²) in [7, 11) is 0. The van der Waals surface area contributed by atoms with Crippen LogP contribution < -0.4 is 5.56 Å². The molecule has 0 bridgehead atoms. The lowest BCUT2D eigenvalue weighted by Gasteiger charge is -2.37. The van der Waals surface area contributed by atoms with Gasteiger partial charge in [-0.05, 0) is 51.5 Å². The highest BCUT2D eigenvalue weighted by atomic mass is 19.1. The first-order valence-corrected chi connectivity index (χ1v) is 14.8. The summed E-state index contributed by atoms with van der Waals surface area (Å²) in [5.74, 6) is 0.159. The fourth-order valence-corrected chi connectivity index (χ4v) is 6.05. The van der Waals surface area contributed by atoms with Gasteiger partial charge in [0.2, 0.25) is 0 Å². The van der Waals surface area contributed by atoms with Crippen molar-refractivity contribution in [3.63, 3.8) is 0 Å². The molecule has 1 saturated carbocycles. The van der Waals surface area contributed by atoms with Crippen molar-refractivity contribution in [3.05, 3.63) is 75.4 Å². The van der Waals surface area contributed by atoms with Crippen LogP contribution in [0.5, 0.6) is 0 Å². The third-order valence-electron chi connectivity index (χ3n) is 8.56. The van der Waals surface area contributed by atoms with Gasteiger partial charge in [0, 0.05) is 48.1 Å². The summed E-state index contributed by atoms with van der Waals surface area (Å²) < 4.78 is 14.6. The lowest BCUT2D eigenvalue weighted by molar-refractivity contribution is 0.0454. The molecular formula is C33H40FN5O2. The second kappa shape index (κ2) is 12.4. The number of nitrogens with zero attached hydrogens (tertiary/aromatic N) is 4. The quantitative estimate of drug-likeness (QED) is 0.304. The van der Waals surface area contributed by atoms with Crippen molar-refractivity contribution in [2.45, 2.75) is 72.1 Å². The smallest absolute Gasteiger partial charge is 0.273 e. The van der Waals surface area contributed by atoms with Gasteiger partial charge in [0.1, 0.15) is 5.56 Å². The molecule has 1 aliphatic carbocycles. The maximum Gasteiger partial charge on any atom is 0.273 e. The molecular weight excluding hydrogens is 517 g/mol. The van der Waals surface area contributed by atoms with E-state index in [4.69, 9.17) is 4.98 Å². The van der Waals surface area contributed by atoms with Gasteiger partial charge in [0.05, 0.1) is 18.1 Å². The Balaban J connectivity index is 1.65. The summed E-state index contributed by atoms with van der Waals surface area (Å²) in [6.45, 7) is 8.06. The number of hydrogen-bond donors (Lipinski definition) is 1. The second-order valence-electron chi connectivity index (χ2n) is 11.4. The van der Waals surface area contributed by atoms with Crippen LogP contribution in [-0.2, 0) is 0 Å². The van der Waals surface area contributed by atoms with Crippen LogP contribution >= 0.6 is 0 Å². The van der Waals surface area contributed by atoms with Crippen LogP contribution in [-0.4, -0.2) is 50.9 Å². The summed E-state index contributed by atoms with van der Waals surface area (Å²) in [6.07, 6.45) is 10.6. The van der Waals surface area contributed by atoms with E-state index in [1.165, 1.54) is 48.2 Å². The van der Waals surface area contributed by atoms with E-state index in [1.807, 2.05) is 45.9 Å². The molecule has 5 rings (SSSR count). The zero-order valence-electron chi connectivity index (χ0n) is 24.5. The van der Waals surface area contributed by atoms with Crippen LogP contribution in [0.15, 0.2) is 58.0 Å². The van der Waals surface area contributed by atoms with Crippen LogP contribution in [0.25, 0.3) is 22.5 Å². The zero-order chi connectivity index (χ0) is 29.1. The summed E-state index contributed by atoms with van der Waals surface area (Å²) in [5.41, 5.74) is 6.00. The Morgan fingerprint density at radius 1 is 1.15 bits per heavy atom. The molecule has 2 aromatic heterocycles. The van der Waals surface area contributed by atoms with Gasteiger partial charge in [0.25, 0.3) is 11.5 Å². The molecule has 3 heterocycles. The minimum atomic E-state index is -0.460. The largest absolute Gasteiger partial charge is 0.338 e. The lowest BCUT2D eigenvalue weighted by atomic mass is 9.84. The topological polar surface area (TPSA) is 82.8 Å². The van der Waals surface area contributed by atoms with Crippen molar-refractivity contribution in [3.8, 4) is 11.3 Å². The van der Waals surface area contributed by atoms with E-state index < -0.39 is 6.67 Å². The predicted octanol–water partition coefficient (Wildman–Crippen LogP) is 6.96. The van der Waals surface area contributed by atoms with Crippen LogP contribution in [0.4, 0.5) is 4.39 Å². The Kier molecular flexibility index (Phi) is 8.66. The number of carbonyl (C=O) groups is 1. The predicted molar refractivity (Wildman–Crippen MR) is 163 cm³/mol. The normalized spacial score (nSPS) is 17.8. The van der Waals surface area contributed by atoms with Crippen molar-refractivity contribution >= 4 is 22.8 Å². The number of halogens is 1. The van der Waals surface area contributed by atoms with Crippen molar-refractivity contribution in [2.24, 2.45) is 10.9 Å². The summed E-state index contributed by atoms with van der Waals surface area (Å²) in [5, 5.41) is 3.20. The third kappa shape index (κ3) is 5.69. The molecule has 8 heteroatoms. The maximum atomic E-state index is 14.0. The van der Waals surface area contributed by atoms with Crippen LogP contribution in [0.3, 0.4) is 0 Å². The number of aromatic nitrogens is 3. The van der Waals surface area contributed by atoms with E-state index in [2.05, 4.69) is 22.2 Å². The highest BCUT2D eigenvalue weighted by Gasteiger charge is 2.35. The second-order valence-corrected chi connectivity index (χ2v) is 11.4. The van der Waals surface area contributed by atoms with Crippen LogP contribution in [0, 0.1) is 5.92 Å². The molecule has 7 nitrogen and oxygen atoms in total. The number of aromatic amines is 1. The SMILES string of the molecule is C/C=C\N=C(C)C(=C(C)CC)c1[nH]n2c(=O)cc(-c3ccc(C4CCCCC4)cc3)nc2c1C(=O)N1CC(CF)C1. The standard InChI is InChI=1S/C33H40FN5O2/c1-5-16-35-22(4)29(21(3)6-2)31-30(33(41)38-19-23(18-34)20-38)32-36-27(17-28(40)39(32)37-31)26-14-12-25(13-15-26)24-10-8-7-9-11-24/h5,12-17,23-24,37H,6-11,18-20H2,1-4H3/b16-5-,29-21?,35-22?. The Morgan fingerprint density at radius 2 is 1.85 bits per heavy atom. The number of H-pyrrole nitrogens is 1. The molecule has 1 N–H and O–H groups in total. The Bertz CT molecular complexity index is 1570. The molecule has 0 atom stereocenters. The Labute approximate surface area is 240 Å². The van der Waals surface area contributed by atoms with E-state index in [-0.39, 0.29) is 23.0 Å². The Morgan fingerprint density at radius 3 is 2.49 bits per heavy atom. The van der Waals surface area contributed by atoms with Gasteiger partial charge in [0.15, 0.2) is 5.65 Å². The molecule has 3 aromatic rings. The van der Waals surface area contributed by atoms with Gasteiger partial charge in [-0.25, -0.2) is 9.50 Å². The first-order valence-electron chi connectivity index (χ1n) is 14.8. The third-order valence-corrected chi connectivity index (χ3v) is 8.56. The highest BCUT2D eigenvalue weighted by molar-refractivity contribution is 6.25. The summed E-state index contributed by atoms with van der Waals surface area (Å²) >= 11 is 0. The number of carbonyl (C=O) groups excluding carboxylic acids is 1. The minimum absolute atomic E-state index is 0.160. The first-order chi connectivity index (χ1) is 19.9. The Hall–Kier alpha value is -3.81. The zero-order valence-corrected chi connectivity index (χ0v) is 24.5. The molecule has 0 unspecified atom stereocenters. The maximum absolute atomic E-state index is 14.0. The lowest BCUT2D eigenvalue weighted by Crippen LogP contribution is -2.51. The van der Waals surface area contributed by atoms with Gasteiger partial charge in [-0.1, -0.05) is 62.1 Å². The number of fused-ring (bicyclic) bond motifs is 1. The number of hydrogen-bond acceptors (Lipinski definition) is 4. The fraction of sp³-hybridized carbons (Fsp3) is 0.455. The van der Waals surface area contributed by atoms with Gasteiger partial charge >= 0.3 is 0 Å². The molecule has 1 aliphatic heterocycles. The number of nitrogens with one attached hydrogen (secondary N) is 1. The van der Waals surface area contributed by atoms with Crippen molar-refractivity contribution < 1.29 is 9.18 Å². The summed E-state index contributed by atoms with van der Waals surface area (Å²) in [6, 6.07) is 9.86. The number of likely N-dealkylation sites (tertiary alicyclic amines) is 1. The fourth-order valence-electron chi connectivity index (χ4n) is 6.05. The molecule has 0 radical (unpaired) electrons. The summed E-state index contributed by atoms with van der Waals surface area (Å²) in [4.78, 5) is 38.6. The van der Waals surface area contributed by atoms with Gasteiger partial charge in [-0.15, -0.1) is 0 Å². The molecule has 41 heavy (non-hydrogen) atoms. The van der Waals surface area contributed by atoms with Gasteiger partial charge in [-0.3, -0.25) is 24.1 Å². The minimum Gasteiger partial charge on any atom is -0.338 e. The molecule has 1 amide bonds. The van der Waals surface area contributed by atoms with Crippen LogP contribution in [0.1, 0.15) is 93.8 Å². The van der Waals surface area contributed by atoms with E-state index in [0.29, 0.717) is 36.0 Å². The highest BCUT2D eigenvalue weighted by Crippen LogP contribution is 2.34. The molecule has 0 spiro atoms. The van der Waals surface area contributed by atoms with E-state index in [0.717, 1.165) is 28.8 Å². The van der Waals surface area contributed by atoms with Gasteiger partial charge < -0.3 is 4.90 Å². The van der Waals surface area contributed by atoms with E-state index in [1.54, 1.807) is 11.1 Å². The van der Waals surface area contributed by atoms with Crippen molar-refractivity contribution in [1.82, 2.24) is 19.5 Å². The van der Waals surface area contributed by atoms with Crippen molar-refractivity contribution in [2.75, 3.05) is 19.8 Å². The van der Waals surface area contributed by atoms with Crippen LogP contribution in [0.2, 0.25) is 0 Å². The van der Waals surface area contributed by atoms with Gasteiger partial charge in [-0.2, -0.15) is 0 Å². The first kappa shape index (κ1) is 28.7. The van der Waals surface area contributed by atoms with E-state index in [9.17, 15) is 14.0 Å². The molecule has 1 aromatic carbocycles. The number of benzene rings is 1. The number of amides is 1. The number of alkyl halides is 1. The molecule has 2 fully saturated rings. The molecule has 2 aliphatic rings. The number of rotatable bonds is 8. The molecule has 1 saturated heterocycles.